The van der Waals surface area contributed by atoms with Crippen molar-refractivity contribution in [2.24, 2.45) is 0 Å². The van der Waals surface area contributed by atoms with Gasteiger partial charge < -0.3 is 28.5 Å². The third-order valence-corrected chi connectivity index (χ3v) is 17.8. The number of aliphatic hydroxyl groups excluding tert-OH is 1. The molecule has 0 aliphatic carbocycles. The van der Waals surface area contributed by atoms with Gasteiger partial charge in [-0.1, -0.05) is 67.0 Å². The molecule has 2 fully saturated rings. The number of imidazole rings is 1. The molecule has 0 spiro atoms. The van der Waals surface area contributed by atoms with Gasteiger partial charge in [-0.05, 0) is 22.2 Å². The molecule has 2 saturated heterocycles. The minimum Gasteiger partial charge on any atom is -0.414 e. The van der Waals surface area contributed by atoms with Gasteiger partial charge in [-0.2, -0.15) is 9.97 Å². The van der Waals surface area contributed by atoms with Gasteiger partial charge in [0.25, 0.3) is 0 Å². The van der Waals surface area contributed by atoms with E-state index in [0.29, 0.717) is 11.2 Å². The summed E-state index contributed by atoms with van der Waals surface area (Å²) in [6.07, 6.45) is -1.39. The molecule has 196 valence electrons. The van der Waals surface area contributed by atoms with Gasteiger partial charge in [-0.3, -0.25) is 4.57 Å². The molecule has 0 saturated carbocycles. The molecule has 2 aliphatic rings. The van der Waals surface area contributed by atoms with Gasteiger partial charge in [-0.25, -0.2) is 4.98 Å². The number of halogens is 1. The first kappa shape index (κ1) is 26.9. The Hall–Kier alpha value is -1.13. The molecule has 2 aromatic heterocycles. The fraction of sp³-hybridized carbons (Fsp3) is 0.773. The molecule has 10 nitrogen and oxygen atoms in total. The maximum atomic E-state index is 11.5. The SMILES string of the molecule is CC(C)[Si]1(C(C)C)OC[C@H]2O[C@@H](n3cnc4c(Cl)nc(N)nc43)[C@H](O)[C@@H]2O[Si](C(C)C)(C(C)C)O1. The van der Waals surface area contributed by atoms with Gasteiger partial charge in [0, 0.05) is 0 Å². The number of hydrogen-bond donors (Lipinski definition) is 2. The first-order valence-corrected chi connectivity index (χ1v) is 16.7. The normalized spacial score (nSPS) is 28.7. The monoisotopic (exact) mass is 543 g/mol. The van der Waals surface area contributed by atoms with Crippen LogP contribution in [0.1, 0.15) is 61.6 Å². The van der Waals surface area contributed by atoms with Gasteiger partial charge in [0.1, 0.15) is 23.8 Å². The lowest BCUT2D eigenvalue weighted by molar-refractivity contribution is -0.0570. The molecule has 2 aliphatic heterocycles. The number of aliphatic hydroxyl groups is 1. The zero-order valence-electron chi connectivity index (χ0n) is 21.7. The van der Waals surface area contributed by atoms with Crippen LogP contribution in [-0.2, 0) is 17.7 Å². The maximum absolute atomic E-state index is 11.5. The van der Waals surface area contributed by atoms with Crippen LogP contribution in [0.2, 0.25) is 27.3 Å². The highest BCUT2D eigenvalue weighted by molar-refractivity contribution is 6.84. The number of anilines is 1. The molecule has 0 amide bonds. The molecular formula is C22H38ClN5O5Si2. The van der Waals surface area contributed by atoms with Crippen molar-refractivity contribution >= 4 is 45.8 Å². The van der Waals surface area contributed by atoms with E-state index in [2.05, 4.69) is 70.3 Å². The van der Waals surface area contributed by atoms with Crippen LogP contribution in [0.5, 0.6) is 0 Å². The molecule has 0 radical (unpaired) electrons. The van der Waals surface area contributed by atoms with Crippen LogP contribution in [0.3, 0.4) is 0 Å². The van der Waals surface area contributed by atoms with Crippen molar-refractivity contribution in [3.05, 3.63) is 11.5 Å². The third-order valence-electron chi connectivity index (χ3n) is 7.31. The van der Waals surface area contributed by atoms with E-state index in [9.17, 15) is 5.11 Å². The number of hydrogen-bond acceptors (Lipinski definition) is 9. The molecule has 4 heterocycles. The Morgan fingerprint density at radius 1 is 1.03 bits per heavy atom. The largest absolute Gasteiger partial charge is 0.414 e. The van der Waals surface area contributed by atoms with E-state index >= 15 is 0 Å². The number of fused-ring (bicyclic) bond motifs is 2. The van der Waals surface area contributed by atoms with Crippen molar-refractivity contribution in [2.45, 2.75) is 102 Å². The number of ether oxygens (including phenoxy) is 1. The van der Waals surface area contributed by atoms with E-state index in [4.69, 9.17) is 35.0 Å². The smallest absolute Gasteiger partial charge is 0.335 e. The first-order chi connectivity index (χ1) is 16.3. The van der Waals surface area contributed by atoms with E-state index in [1.807, 2.05) is 0 Å². The zero-order chi connectivity index (χ0) is 25.9. The predicted molar refractivity (Wildman–Crippen MR) is 138 cm³/mol. The van der Waals surface area contributed by atoms with E-state index in [-0.39, 0.29) is 39.9 Å². The van der Waals surface area contributed by atoms with Crippen LogP contribution in [-0.4, -0.2) is 66.7 Å². The Morgan fingerprint density at radius 3 is 2.20 bits per heavy atom. The van der Waals surface area contributed by atoms with Crippen LogP contribution in [0.4, 0.5) is 5.95 Å². The van der Waals surface area contributed by atoms with Crippen molar-refractivity contribution in [3.63, 3.8) is 0 Å². The van der Waals surface area contributed by atoms with Gasteiger partial charge in [-0.15, -0.1) is 0 Å². The molecule has 3 N–H and O–H groups in total. The summed E-state index contributed by atoms with van der Waals surface area (Å²) < 4.78 is 29.0. The lowest BCUT2D eigenvalue weighted by atomic mass is 10.1. The average Bonchev–Trinajstić information content (AvgIpc) is 3.28. The van der Waals surface area contributed by atoms with Crippen LogP contribution in [0, 0.1) is 0 Å². The Bertz CT molecular complexity index is 1050. The summed E-state index contributed by atoms with van der Waals surface area (Å²) in [5, 5.41) is 11.7. The van der Waals surface area contributed by atoms with Gasteiger partial charge in [0.2, 0.25) is 5.95 Å². The van der Waals surface area contributed by atoms with Gasteiger partial charge in [0.05, 0.1) is 12.9 Å². The van der Waals surface area contributed by atoms with E-state index in [0.717, 1.165) is 0 Å². The van der Waals surface area contributed by atoms with E-state index in [1.54, 1.807) is 4.57 Å². The van der Waals surface area contributed by atoms with Crippen molar-refractivity contribution in [1.29, 1.82) is 0 Å². The lowest BCUT2D eigenvalue weighted by Gasteiger charge is -2.51. The molecule has 13 heteroatoms. The van der Waals surface area contributed by atoms with Crippen LogP contribution < -0.4 is 5.73 Å². The molecule has 35 heavy (non-hydrogen) atoms. The number of aromatic nitrogens is 4. The summed E-state index contributed by atoms with van der Waals surface area (Å²) in [5.41, 5.74) is 7.32. The van der Waals surface area contributed by atoms with Gasteiger partial charge >= 0.3 is 17.1 Å². The van der Waals surface area contributed by atoms with E-state index in [1.165, 1.54) is 6.33 Å². The summed E-state index contributed by atoms with van der Waals surface area (Å²) >= 11 is 6.22. The second-order valence-corrected chi connectivity index (χ2v) is 20.0. The second-order valence-electron chi connectivity index (χ2n) is 10.8. The molecule has 4 rings (SSSR count). The van der Waals surface area contributed by atoms with Crippen LogP contribution in [0.15, 0.2) is 6.33 Å². The molecule has 4 atom stereocenters. The minimum atomic E-state index is -2.89. The Kier molecular flexibility index (Phi) is 7.41. The van der Waals surface area contributed by atoms with Crippen LogP contribution >= 0.6 is 11.6 Å². The standard InChI is InChI=1S/C22H38ClN5O5Si2/c1-11(2)34(12(3)4)30-9-15-18(32-35(33-34,13(5)6)14(7)8)17(29)21(31-15)28-10-25-16-19(23)26-22(24)27-20(16)28/h10-15,17-18,21,29H,9H2,1-8H3,(H2,24,26,27)/t15-,17-,18-,21-/m1/s1. The third kappa shape index (κ3) is 4.35. The number of nitrogens with two attached hydrogens (primary N) is 1. The Morgan fingerprint density at radius 2 is 1.63 bits per heavy atom. The molecular weight excluding hydrogens is 506 g/mol. The first-order valence-electron chi connectivity index (χ1n) is 12.3. The van der Waals surface area contributed by atoms with Crippen molar-refractivity contribution < 1.29 is 22.8 Å². The summed E-state index contributed by atoms with van der Waals surface area (Å²) in [6.45, 7) is 17.5. The van der Waals surface area contributed by atoms with Gasteiger partial charge in [0.15, 0.2) is 17.0 Å². The maximum Gasteiger partial charge on any atom is 0.335 e. The highest BCUT2D eigenvalue weighted by Crippen LogP contribution is 2.48. The Balaban J connectivity index is 1.78. The lowest BCUT2D eigenvalue weighted by Crippen LogP contribution is -2.65. The van der Waals surface area contributed by atoms with Crippen molar-refractivity contribution in [3.8, 4) is 0 Å². The second kappa shape index (κ2) is 9.64. The quantitative estimate of drug-likeness (QED) is 0.419. The highest BCUT2D eigenvalue weighted by atomic mass is 35.5. The Labute approximate surface area is 214 Å². The zero-order valence-corrected chi connectivity index (χ0v) is 24.5. The topological polar surface area (TPSA) is 127 Å². The highest BCUT2D eigenvalue weighted by Gasteiger charge is 2.61. The molecule has 0 bridgehead atoms. The summed E-state index contributed by atoms with van der Waals surface area (Å²) in [4.78, 5) is 12.6. The van der Waals surface area contributed by atoms with Crippen molar-refractivity contribution in [1.82, 2.24) is 19.5 Å². The van der Waals surface area contributed by atoms with Crippen LogP contribution in [0.25, 0.3) is 11.2 Å². The number of nitrogen functional groups attached to an aromatic ring is 1. The predicted octanol–water partition coefficient (Wildman–Crippen LogP) is 4.28. The molecule has 0 aromatic carbocycles. The van der Waals surface area contributed by atoms with E-state index < -0.39 is 41.7 Å². The average molecular weight is 544 g/mol. The number of rotatable bonds is 5. The molecule has 0 unspecified atom stereocenters. The fourth-order valence-electron chi connectivity index (χ4n) is 5.45. The fourth-order valence-corrected chi connectivity index (χ4v) is 16.9. The number of nitrogens with zero attached hydrogens (tertiary/aromatic N) is 4. The summed E-state index contributed by atoms with van der Waals surface area (Å²) in [5.74, 6) is 0.0198. The van der Waals surface area contributed by atoms with Crippen molar-refractivity contribution in [2.75, 3.05) is 12.3 Å². The summed E-state index contributed by atoms with van der Waals surface area (Å²) in [7, 11) is -5.60. The molecule has 2 aromatic rings. The minimum absolute atomic E-state index is 0.0198. The summed E-state index contributed by atoms with van der Waals surface area (Å²) in [6, 6.07) is 0.